The number of anilines is 1. The fourth-order valence-corrected chi connectivity index (χ4v) is 3.75. The van der Waals surface area contributed by atoms with Crippen molar-refractivity contribution in [3.63, 3.8) is 0 Å². The van der Waals surface area contributed by atoms with Crippen LogP contribution in [0.2, 0.25) is 0 Å². The Morgan fingerprint density at radius 1 is 1.03 bits per heavy atom. The van der Waals surface area contributed by atoms with Crippen LogP contribution in [0, 0.1) is 0 Å². The van der Waals surface area contributed by atoms with Crippen LogP contribution in [0.5, 0.6) is 6.01 Å². The smallest absolute Gasteiger partial charge is 0.416 e. The number of alkyl halides is 3. The average Bonchev–Trinajstić information content (AvgIpc) is 3.22. The minimum atomic E-state index is -4.49. The third-order valence-corrected chi connectivity index (χ3v) is 5.56. The molecule has 6 nitrogen and oxygen atoms in total. The molecule has 35 heavy (non-hydrogen) atoms. The summed E-state index contributed by atoms with van der Waals surface area (Å²) in [4.78, 5) is 16.9. The van der Waals surface area contributed by atoms with Crippen molar-refractivity contribution in [3.05, 3.63) is 88.4 Å². The van der Waals surface area contributed by atoms with E-state index in [0.717, 1.165) is 12.1 Å². The first-order valence-electron chi connectivity index (χ1n) is 10.6. The molecule has 0 saturated carbocycles. The van der Waals surface area contributed by atoms with E-state index in [0.29, 0.717) is 21.4 Å². The van der Waals surface area contributed by atoms with Crippen molar-refractivity contribution >= 4 is 27.5 Å². The van der Waals surface area contributed by atoms with Gasteiger partial charge in [0.25, 0.3) is 5.91 Å². The molecule has 0 aliphatic rings. The molecule has 1 N–H and O–H groups in total. The maximum absolute atomic E-state index is 13.3. The van der Waals surface area contributed by atoms with Crippen LogP contribution in [0.1, 0.15) is 29.8 Å². The molecule has 180 valence electrons. The first-order chi connectivity index (χ1) is 16.6. The maximum Gasteiger partial charge on any atom is 0.416 e. The first kappa shape index (κ1) is 24.5. The third kappa shape index (κ3) is 5.71. The summed E-state index contributed by atoms with van der Waals surface area (Å²) in [7, 11) is 0. The molecule has 10 heteroatoms. The molecule has 0 spiro atoms. The summed E-state index contributed by atoms with van der Waals surface area (Å²) in [6.45, 7) is 3.60. The van der Waals surface area contributed by atoms with Crippen molar-refractivity contribution in [1.82, 2.24) is 14.8 Å². The van der Waals surface area contributed by atoms with Gasteiger partial charge in [-0.3, -0.25) is 4.79 Å². The second kappa shape index (κ2) is 9.91. The maximum atomic E-state index is 13.3. The number of benzene rings is 3. The van der Waals surface area contributed by atoms with Crippen LogP contribution in [0.25, 0.3) is 17.1 Å². The normalized spacial score (nSPS) is 11.5. The number of ether oxygens (including phenoxy) is 1. The van der Waals surface area contributed by atoms with Gasteiger partial charge < -0.3 is 10.1 Å². The van der Waals surface area contributed by atoms with Gasteiger partial charge in [-0.1, -0.05) is 24.3 Å². The molecule has 1 aromatic heterocycles. The molecule has 0 radical (unpaired) electrons. The fraction of sp³-hybridized carbons (Fsp3) is 0.160. The summed E-state index contributed by atoms with van der Waals surface area (Å²) in [5.41, 5.74) is 0.990. The average molecular weight is 545 g/mol. The molecule has 0 saturated heterocycles. The van der Waals surface area contributed by atoms with E-state index in [2.05, 4.69) is 31.3 Å². The lowest BCUT2D eigenvalue weighted by molar-refractivity contribution is -0.137. The summed E-state index contributed by atoms with van der Waals surface area (Å²) in [6, 6.07) is 18.7. The van der Waals surface area contributed by atoms with Crippen LogP contribution < -0.4 is 10.1 Å². The largest absolute Gasteiger partial charge is 0.460 e. The molecule has 4 rings (SSSR count). The van der Waals surface area contributed by atoms with Gasteiger partial charge in [-0.2, -0.15) is 18.2 Å². The van der Waals surface area contributed by atoms with E-state index in [1.807, 2.05) is 6.07 Å². The Morgan fingerprint density at radius 3 is 2.40 bits per heavy atom. The lowest BCUT2D eigenvalue weighted by Crippen LogP contribution is -2.12. The monoisotopic (exact) mass is 544 g/mol. The molecule has 0 fully saturated rings. The fourth-order valence-electron chi connectivity index (χ4n) is 3.29. The number of hydrogen-bond acceptors (Lipinski definition) is 4. The van der Waals surface area contributed by atoms with Gasteiger partial charge in [0, 0.05) is 15.7 Å². The van der Waals surface area contributed by atoms with Crippen LogP contribution in [0.3, 0.4) is 0 Å². The highest BCUT2D eigenvalue weighted by molar-refractivity contribution is 9.10. The van der Waals surface area contributed by atoms with Gasteiger partial charge in [-0.15, -0.1) is 5.10 Å². The molecule has 4 aromatic rings. The summed E-state index contributed by atoms with van der Waals surface area (Å²) in [6.07, 6.45) is -4.72. The zero-order valence-corrected chi connectivity index (χ0v) is 20.3. The second-order valence-corrected chi connectivity index (χ2v) is 8.71. The molecule has 3 aromatic carbocycles. The van der Waals surface area contributed by atoms with E-state index in [9.17, 15) is 18.0 Å². The van der Waals surface area contributed by atoms with Gasteiger partial charge in [0.05, 0.1) is 22.9 Å². The summed E-state index contributed by atoms with van der Waals surface area (Å²) < 4.78 is 47.5. The van der Waals surface area contributed by atoms with Gasteiger partial charge in [0.1, 0.15) is 0 Å². The number of carbonyl (C=O) groups is 1. The molecule has 1 heterocycles. The zero-order valence-electron chi connectivity index (χ0n) is 18.7. The molecule has 0 bridgehead atoms. The van der Waals surface area contributed by atoms with Crippen LogP contribution in [-0.2, 0) is 6.18 Å². The van der Waals surface area contributed by atoms with Crippen molar-refractivity contribution in [2.75, 3.05) is 5.32 Å². The van der Waals surface area contributed by atoms with Crippen molar-refractivity contribution in [3.8, 4) is 23.1 Å². The molecule has 1 amide bonds. The van der Waals surface area contributed by atoms with Crippen LogP contribution in [0.4, 0.5) is 18.9 Å². The number of rotatable bonds is 6. The highest BCUT2D eigenvalue weighted by Crippen LogP contribution is 2.33. The van der Waals surface area contributed by atoms with E-state index in [1.165, 1.54) is 16.8 Å². The molecular weight excluding hydrogens is 525 g/mol. The summed E-state index contributed by atoms with van der Waals surface area (Å²) >= 11 is 3.36. The van der Waals surface area contributed by atoms with Crippen LogP contribution in [-0.4, -0.2) is 26.8 Å². The number of amides is 1. The number of nitrogens with one attached hydrogen (secondary N) is 1. The van der Waals surface area contributed by atoms with Crippen LogP contribution >= 0.6 is 15.9 Å². The second-order valence-electron chi connectivity index (χ2n) is 7.86. The van der Waals surface area contributed by atoms with Crippen molar-refractivity contribution < 1.29 is 22.7 Å². The lowest BCUT2D eigenvalue weighted by atomic mass is 10.1. The Morgan fingerprint density at radius 2 is 1.74 bits per heavy atom. The van der Waals surface area contributed by atoms with E-state index in [-0.39, 0.29) is 29.4 Å². The number of halogens is 4. The van der Waals surface area contributed by atoms with Crippen molar-refractivity contribution in [1.29, 1.82) is 0 Å². The van der Waals surface area contributed by atoms with E-state index < -0.39 is 11.7 Å². The highest BCUT2D eigenvalue weighted by atomic mass is 79.9. The molecular formula is C25H20BrF3N4O2. The van der Waals surface area contributed by atoms with Crippen LogP contribution in [0.15, 0.2) is 77.3 Å². The standard InChI is InChI=1S/C25H20BrF3N4O2/c1-15(2)35-24-31-22(16-6-5-7-17(14-16)25(27,28)29)33(32-24)19-12-10-18(11-13-19)30-23(34)20-8-3-4-9-21(20)26/h3-15H,1-2H3,(H,30,34). The number of aromatic nitrogens is 3. The number of hydrogen-bond donors (Lipinski definition) is 1. The lowest BCUT2D eigenvalue weighted by Gasteiger charge is -2.11. The van der Waals surface area contributed by atoms with Gasteiger partial charge in [0.2, 0.25) is 0 Å². The zero-order chi connectivity index (χ0) is 25.2. The Labute approximate surface area is 207 Å². The topological polar surface area (TPSA) is 69.0 Å². The Bertz CT molecular complexity index is 1350. The first-order valence-corrected chi connectivity index (χ1v) is 11.4. The molecule has 0 atom stereocenters. The van der Waals surface area contributed by atoms with E-state index in [4.69, 9.17) is 4.74 Å². The van der Waals surface area contributed by atoms with Gasteiger partial charge in [-0.05, 0) is 78.3 Å². The van der Waals surface area contributed by atoms with Gasteiger partial charge in [-0.25, -0.2) is 4.68 Å². The molecule has 0 unspecified atom stereocenters. The summed E-state index contributed by atoms with van der Waals surface area (Å²) in [5.74, 6) is -0.0972. The quantitative estimate of drug-likeness (QED) is 0.291. The number of nitrogens with zero attached hydrogens (tertiary/aromatic N) is 3. The molecule has 0 aliphatic carbocycles. The van der Waals surface area contributed by atoms with Gasteiger partial charge in [0.15, 0.2) is 5.82 Å². The Balaban J connectivity index is 1.67. The Hall–Kier alpha value is -3.66. The third-order valence-electron chi connectivity index (χ3n) is 4.87. The molecule has 0 aliphatic heterocycles. The van der Waals surface area contributed by atoms with Crippen molar-refractivity contribution in [2.45, 2.75) is 26.1 Å². The van der Waals surface area contributed by atoms with Crippen molar-refractivity contribution in [2.24, 2.45) is 0 Å². The van der Waals surface area contributed by atoms with Gasteiger partial charge >= 0.3 is 12.2 Å². The predicted molar refractivity (Wildman–Crippen MR) is 130 cm³/mol. The SMILES string of the molecule is CC(C)Oc1nc(-c2cccc(C(F)(F)F)c2)n(-c2ccc(NC(=O)c3ccccc3Br)cc2)n1. The minimum Gasteiger partial charge on any atom is -0.460 e. The number of carbonyl (C=O) groups excluding carboxylic acids is 1. The summed E-state index contributed by atoms with van der Waals surface area (Å²) in [5, 5.41) is 7.16. The minimum absolute atomic E-state index is 0.0405. The predicted octanol–water partition coefficient (Wildman–Crippen LogP) is 6.76. The highest BCUT2D eigenvalue weighted by Gasteiger charge is 2.31. The van der Waals surface area contributed by atoms with E-state index in [1.54, 1.807) is 56.3 Å². The Kier molecular flexibility index (Phi) is 6.93. The van der Waals surface area contributed by atoms with E-state index >= 15 is 0 Å².